The van der Waals surface area contributed by atoms with Crippen LogP contribution in [0.2, 0.25) is 10.0 Å². The quantitative estimate of drug-likeness (QED) is 0.457. The topological polar surface area (TPSA) is 42.0 Å². The molecule has 1 amide bonds. The minimum atomic E-state index is -0.172. The largest absolute Gasteiger partial charge is 0.490 e. The van der Waals surface area contributed by atoms with Gasteiger partial charge in [-0.25, -0.2) is 0 Å². The number of carbonyl (C=O) groups is 1. The van der Waals surface area contributed by atoms with Crippen molar-refractivity contribution in [2.24, 2.45) is 0 Å². The van der Waals surface area contributed by atoms with E-state index in [-0.39, 0.29) is 5.91 Å². The average molecular weight is 451 g/mol. The Kier molecular flexibility index (Phi) is 6.67. The van der Waals surface area contributed by atoms with Crippen molar-refractivity contribution in [1.29, 1.82) is 0 Å². The lowest BCUT2D eigenvalue weighted by Crippen LogP contribution is -2.26. The predicted molar refractivity (Wildman–Crippen MR) is 120 cm³/mol. The SMILES string of the molecule is CCOc1cc(/C=C2/C(=O)N(C)C(=S)N2C)cc(Cl)c1OCc1ccc(Cl)cc1. The highest BCUT2D eigenvalue weighted by Gasteiger charge is 2.32. The molecule has 1 fully saturated rings. The summed E-state index contributed by atoms with van der Waals surface area (Å²) in [6.45, 7) is 2.64. The number of nitrogens with zero attached hydrogens (tertiary/aromatic N) is 2. The fourth-order valence-corrected chi connectivity index (χ4v) is 3.44. The van der Waals surface area contributed by atoms with Gasteiger partial charge in [-0.3, -0.25) is 9.69 Å². The number of carbonyl (C=O) groups excluding carboxylic acids is 1. The molecule has 0 atom stereocenters. The normalized spacial score (nSPS) is 15.4. The zero-order valence-corrected chi connectivity index (χ0v) is 18.6. The molecular weight excluding hydrogens is 431 g/mol. The maximum atomic E-state index is 12.4. The Morgan fingerprint density at radius 1 is 1.07 bits per heavy atom. The van der Waals surface area contributed by atoms with Gasteiger partial charge in [-0.05, 0) is 60.6 Å². The summed E-state index contributed by atoms with van der Waals surface area (Å²) in [6, 6.07) is 10.9. The summed E-state index contributed by atoms with van der Waals surface area (Å²) in [5.41, 5.74) is 2.13. The van der Waals surface area contributed by atoms with E-state index in [0.29, 0.717) is 51.1 Å². The smallest absolute Gasteiger partial charge is 0.276 e. The van der Waals surface area contributed by atoms with Crippen LogP contribution in [0, 0.1) is 0 Å². The summed E-state index contributed by atoms with van der Waals surface area (Å²) < 4.78 is 11.7. The van der Waals surface area contributed by atoms with Gasteiger partial charge in [-0.2, -0.15) is 0 Å². The van der Waals surface area contributed by atoms with Gasteiger partial charge in [-0.15, -0.1) is 0 Å². The van der Waals surface area contributed by atoms with Crippen LogP contribution in [-0.4, -0.2) is 41.5 Å². The predicted octanol–water partition coefficient (Wildman–Crippen LogP) is 5.00. The van der Waals surface area contributed by atoms with Gasteiger partial charge in [0.25, 0.3) is 5.91 Å². The van der Waals surface area contributed by atoms with E-state index in [0.717, 1.165) is 5.56 Å². The summed E-state index contributed by atoms with van der Waals surface area (Å²) in [5.74, 6) is 0.781. The first-order chi connectivity index (χ1) is 13.8. The van der Waals surface area contributed by atoms with Crippen LogP contribution in [0.4, 0.5) is 0 Å². The maximum absolute atomic E-state index is 12.4. The number of likely N-dealkylation sites (N-methyl/N-ethyl adjacent to an activating group) is 2. The Labute approximate surface area is 185 Å². The molecule has 0 bridgehead atoms. The fraction of sp³-hybridized carbons (Fsp3) is 0.238. The minimum absolute atomic E-state index is 0.172. The van der Waals surface area contributed by atoms with Gasteiger partial charge in [0, 0.05) is 19.1 Å². The Hall–Kier alpha value is -2.28. The van der Waals surface area contributed by atoms with Crippen LogP contribution in [-0.2, 0) is 11.4 Å². The third kappa shape index (κ3) is 4.66. The van der Waals surface area contributed by atoms with Crippen LogP contribution in [0.15, 0.2) is 42.1 Å². The zero-order chi connectivity index (χ0) is 21.1. The Balaban J connectivity index is 1.90. The molecule has 3 rings (SSSR count). The molecule has 0 saturated carbocycles. The van der Waals surface area contributed by atoms with Gasteiger partial charge in [0.1, 0.15) is 12.3 Å². The van der Waals surface area contributed by atoms with E-state index in [1.54, 1.807) is 49.3 Å². The maximum Gasteiger partial charge on any atom is 0.276 e. The Morgan fingerprint density at radius 2 is 1.76 bits per heavy atom. The van der Waals surface area contributed by atoms with Gasteiger partial charge >= 0.3 is 0 Å². The molecule has 0 unspecified atom stereocenters. The first-order valence-corrected chi connectivity index (χ1v) is 10.1. The number of benzene rings is 2. The summed E-state index contributed by atoms with van der Waals surface area (Å²) in [5, 5.41) is 1.50. The van der Waals surface area contributed by atoms with E-state index >= 15 is 0 Å². The highest BCUT2D eigenvalue weighted by Crippen LogP contribution is 2.38. The molecule has 1 aliphatic heterocycles. The molecule has 2 aromatic carbocycles. The van der Waals surface area contributed by atoms with Crippen molar-refractivity contribution in [3.8, 4) is 11.5 Å². The van der Waals surface area contributed by atoms with Gasteiger partial charge in [-0.1, -0.05) is 35.3 Å². The van der Waals surface area contributed by atoms with Crippen LogP contribution in [0.5, 0.6) is 11.5 Å². The van der Waals surface area contributed by atoms with E-state index in [1.165, 1.54) is 4.90 Å². The lowest BCUT2D eigenvalue weighted by atomic mass is 10.1. The van der Waals surface area contributed by atoms with Crippen molar-refractivity contribution in [3.63, 3.8) is 0 Å². The molecule has 0 radical (unpaired) electrons. The fourth-order valence-electron chi connectivity index (χ4n) is 2.86. The molecule has 1 heterocycles. The van der Waals surface area contributed by atoms with Crippen molar-refractivity contribution in [2.45, 2.75) is 13.5 Å². The number of halogens is 2. The van der Waals surface area contributed by atoms with Crippen LogP contribution in [0.3, 0.4) is 0 Å². The highest BCUT2D eigenvalue weighted by atomic mass is 35.5. The highest BCUT2D eigenvalue weighted by molar-refractivity contribution is 7.80. The summed E-state index contributed by atoms with van der Waals surface area (Å²) in [4.78, 5) is 15.5. The molecular formula is C21H20Cl2N2O3S. The van der Waals surface area contributed by atoms with Gasteiger partial charge in [0.05, 0.1) is 11.6 Å². The van der Waals surface area contributed by atoms with Crippen molar-refractivity contribution in [2.75, 3.05) is 20.7 Å². The third-order valence-corrected chi connectivity index (χ3v) is 5.47. The van der Waals surface area contributed by atoms with E-state index in [9.17, 15) is 4.79 Å². The molecule has 8 heteroatoms. The van der Waals surface area contributed by atoms with Crippen LogP contribution < -0.4 is 9.47 Å². The Morgan fingerprint density at radius 3 is 2.34 bits per heavy atom. The first kappa shape index (κ1) is 21.4. The number of rotatable bonds is 6. The van der Waals surface area contributed by atoms with E-state index < -0.39 is 0 Å². The van der Waals surface area contributed by atoms with Crippen LogP contribution in [0.1, 0.15) is 18.1 Å². The molecule has 0 aliphatic carbocycles. The van der Waals surface area contributed by atoms with Crippen molar-refractivity contribution in [1.82, 2.24) is 9.80 Å². The second-order valence-corrected chi connectivity index (χ2v) is 7.62. The van der Waals surface area contributed by atoms with E-state index in [1.807, 2.05) is 19.1 Å². The first-order valence-electron chi connectivity index (χ1n) is 8.92. The second-order valence-electron chi connectivity index (χ2n) is 6.41. The molecule has 0 spiro atoms. The van der Waals surface area contributed by atoms with Crippen molar-refractivity contribution < 1.29 is 14.3 Å². The molecule has 152 valence electrons. The Bertz CT molecular complexity index is 977. The third-order valence-electron chi connectivity index (χ3n) is 4.39. The second kappa shape index (κ2) is 9.03. The van der Waals surface area contributed by atoms with Crippen molar-refractivity contribution in [3.05, 3.63) is 63.3 Å². The zero-order valence-electron chi connectivity index (χ0n) is 16.2. The summed E-state index contributed by atoms with van der Waals surface area (Å²) >= 11 is 17.7. The number of amides is 1. The van der Waals surface area contributed by atoms with Crippen molar-refractivity contribution >= 4 is 52.5 Å². The molecule has 5 nitrogen and oxygen atoms in total. The summed E-state index contributed by atoms with van der Waals surface area (Å²) in [7, 11) is 3.40. The molecule has 0 aromatic heterocycles. The molecule has 0 N–H and O–H groups in total. The van der Waals surface area contributed by atoms with E-state index in [4.69, 9.17) is 44.9 Å². The lowest BCUT2D eigenvalue weighted by Gasteiger charge is -2.15. The van der Waals surface area contributed by atoms with Gasteiger partial charge in [0.2, 0.25) is 0 Å². The molecule has 1 aliphatic rings. The number of thiocarbonyl (C=S) groups is 1. The van der Waals surface area contributed by atoms with E-state index in [2.05, 4.69) is 0 Å². The van der Waals surface area contributed by atoms with Gasteiger partial charge in [0.15, 0.2) is 16.6 Å². The standard InChI is InChI=1S/C21H20Cl2N2O3S/c1-4-27-18-11-14(10-17-20(26)25(3)21(29)24(17)2)9-16(23)19(18)28-12-13-5-7-15(22)8-6-13/h5-11H,4,12H2,1-3H3/b17-10-. The monoisotopic (exact) mass is 450 g/mol. The van der Waals surface area contributed by atoms with Crippen LogP contribution in [0.25, 0.3) is 6.08 Å². The number of ether oxygens (including phenoxy) is 2. The number of hydrogen-bond acceptors (Lipinski definition) is 4. The minimum Gasteiger partial charge on any atom is -0.490 e. The molecule has 29 heavy (non-hydrogen) atoms. The summed E-state index contributed by atoms with van der Waals surface area (Å²) in [6.07, 6.45) is 1.73. The molecule has 2 aromatic rings. The molecule has 1 saturated heterocycles. The lowest BCUT2D eigenvalue weighted by molar-refractivity contribution is -0.121. The van der Waals surface area contributed by atoms with Gasteiger partial charge < -0.3 is 14.4 Å². The average Bonchev–Trinajstić information content (AvgIpc) is 2.87. The number of hydrogen-bond donors (Lipinski definition) is 0. The van der Waals surface area contributed by atoms with Crippen LogP contribution >= 0.6 is 35.4 Å².